The Morgan fingerprint density at radius 1 is 1.15 bits per heavy atom. The fourth-order valence-electron chi connectivity index (χ4n) is 1.51. The Labute approximate surface area is 81.8 Å². The zero-order valence-corrected chi connectivity index (χ0v) is 10.1. The molecule has 0 fully saturated rings. The van der Waals surface area contributed by atoms with Gasteiger partial charge in [-0.05, 0) is 17.7 Å². The van der Waals surface area contributed by atoms with Crippen molar-refractivity contribution in [3.63, 3.8) is 0 Å². The number of hydrogen-bond acceptors (Lipinski definition) is 1. The molecule has 1 aromatic carbocycles. The molecule has 13 heavy (non-hydrogen) atoms. The van der Waals surface area contributed by atoms with Gasteiger partial charge in [-0.3, -0.25) is 0 Å². The summed E-state index contributed by atoms with van der Waals surface area (Å²) in [6.45, 7) is 9.11. The van der Waals surface area contributed by atoms with Crippen LogP contribution in [0.15, 0.2) is 18.2 Å². The Bertz CT molecular complexity index is 299. The first kappa shape index (κ1) is 10.3. The minimum atomic E-state index is -1.26. The molecule has 0 atom stereocenters. The second-order valence-corrected chi connectivity index (χ2v) is 9.44. The third-order valence-electron chi connectivity index (χ3n) is 2.22. The van der Waals surface area contributed by atoms with E-state index in [1.54, 1.807) is 7.11 Å². The van der Waals surface area contributed by atoms with Gasteiger partial charge < -0.3 is 4.74 Å². The molecule has 0 aliphatic carbocycles. The van der Waals surface area contributed by atoms with E-state index < -0.39 is 8.07 Å². The predicted molar refractivity (Wildman–Crippen MR) is 60.7 cm³/mol. The molecule has 1 aromatic rings. The Morgan fingerprint density at radius 2 is 1.77 bits per heavy atom. The van der Waals surface area contributed by atoms with Crippen molar-refractivity contribution in [3.05, 3.63) is 23.8 Å². The highest BCUT2D eigenvalue weighted by molar-refractivity contribution is 6.89. The molecule has 0 amide bonds. The smallest absolute Gasteiger partial charge is 0.120 e. The van der Waals surface area contributed by atoms with Gasteiger partial charge in [0.1, 0.15) is 5.75 Å². The van der Waals surface area contributed by atoms with Gasteiger partial charge in [0.05, 0.1) is 15.2 Å². The first-order valence-electron chi connectivity index (χ1n) is 4.61. The van der Waals surface area contributed by atoms with E-state index in [0.29, 0.717) is 0 Å². The standard InChI is InChI=1S/C11H18OSi/c1-9-7-6-8-10(11(9)12-2)13(3,4)5/h6-8H,1-5H3. The monoisotopic (exact) mass is 194 g/mol. The molecule has 0 aliphatic rings. The molecule has 1 nitrogen and oxygen atoms in total. The van der Waals surface area contributed by atoms with Crippen LogP contribution in [-0.2, 0) is 0 Å². The van der Waals surface area contributed by atoms with Gasteiger partial charge in [-0.2, -0.15) is 0 Å². The van der Waals surface area contributed by atoms with Crippen LogP contribution in [0.2, 0.25) is 19.6 Å². The van der Waals surface area contributed by atoms with Crippen LogP contribution >= 0.6 is 0 Å². The number of aryl methyl sites for hydroxylation is 1. The van der Waals surface area contributed by atoms with Gasteiger partial charge in [-0.25, -0.2) is 0 Å². The summed E-state index contributed by atoms with van der Waals surface area (Å²) in [6, 6.07) is 6.41. The molecular weight excluding hydrogens is 176 g/mol. The minimum Gasteiger partial charge on any atom is -0.497 e. The average molecular weight is 194 g/mol. The number of benzene rings is 1. The Hall–Kier alpha value is -0.763. The van der Waals surface area contributed by atoms with E-state index in [1.165, 1.54) is 10.8 Å². The lowest BCUT2D eigenvalue weighted by molar-refractivity contribution is 0.415. The van der Waals surface area contributed by atoms with Crippen molar-refractivity contribution < 1.29 is 4.74 Å². The normalized spacial score (nSPS) is 11.5. The molecule has 0 bridgehead atoms. The van der Waals surface area contributed by atoms with Crippen LogP contribution in [0.1, 0.15) is 5.56 Å². The van der Waals surface area contributed by atoms with Crippen LogP contribution in [0.5, 0.6) is 5.75 Å². The van der Waals surface area contributed by atoms with Gasteiger partial charge in [-0.15, -0.1) is 0 Å². The molecule has 0 saturated carbocycles. The van der Waals surface area contributed by atoms with E-state index in [2.05, 4.69) is 44.8 Å². The van der Waals surface area contributed by atoms with Gasteiger partial charge in [0, 0.05) is 0 Å². The maximum absolute atomic E-state index is 5.44. The van der Waals surface area contributed by atoms with Crippen LogP contribution in [0.3, 0.4) is 0 Å². The molecule has 0 saturated heterocycles. The summed E-state index contributed by atoms with van der Waals surface area (Å²) in [7, 11) is 0.501. The molecule has 1 rings (SSSR count). The molecule has 0 radical (unpaired) electrons. The highest BCUT2D eigenvalue weighted by Gasteiger charge is 2.21. The maximum atomic E-state index is 5.44. The number of rotatable bonds is 2. The Kier molecular flexibility index (Phi) is 2.81. The molecular formula is C11H18OSi. The number of para-hydroxylation sites is 1. The highest BCUT2D eigenvalue weighted by Crippen LogP contribution is 2.18. The third-order valence-corrected chi connectivity index (χ3v) is 4.23. The SMILES string of the molecule is COc1c(C)cccc1[Si](C)(C)C. The molecule has 0 aromatic heterocycles. The molecule has 2 heteroatoms. The maximum Gasteiger partial charge on any atom is 0.120 e. The van der Waals surface area contributed by atoms with Crippen LogP contribution in [-0.4, -0.2) is 15.2 Å². The van der Waals surface area contributed by atoms with E-state index in [-0.39, 0.29) is 0 Å². The van der Waals surface area contributed by atoms with Gasteiger partial charge in [-0.1, -0.05) is 37.8 Å². The molecule has 0 heterocycles. The summed E-state index contributed by atoms with van der Waals surface area (Å²) in [5.41, 5.74) is 1.24. The summed E-state index contributed by atoms with van der Waals surface area (Å²) < 4.78 is 5.44. The van der Waals surface area contributed by atoms with E-state index in [9.17, 15) is 0 Å². The first-order valence-corrected chi connectivity index (χ1v) is 8.11. The lowest BCUT2D eigenvalue weighted by Gasteiger charge is -2.21. The van der Waals surface area contributed by atoms with Crippen molar-refractivity contribution >= 4 is 13.3 Å². The van der Waals surface area contributed by atoms with Gasteiger partial charge in [0.25, 0.3) is 0 Å². The largest absolute Gasteiger partial charge is 0.497 e. The summed E-state index contributed by atoms with van der Waals surface area (Å²) in [5.74, 6) is 1.08. The van der Waals surface area contributed by atoms with Crippen molar-refractivity contribution in [2.45, 2.75) is 26.6 Å². The van der Waals surface area contributed by atoms with E-state index in [4.69, 9.17) is 4.74 Å². The van der Waals surface area contributed by atoms with Crippen molar-refractivity contribution in [1.29, 1.82) is 0 Å². The van der Waals surface area contributed by atoms with E-state index in [0.717, 1.165) is 5.75 Å². The van der Waals surface area contributed by atoms with Gasteiger partial charge in [0.2, 0.25) is 0 Å². The van der Waals surface area contributed by atoms with Crippen molar-refractivity contribution in [1.82, 2.24) is 0 Å². The summed E-state index contributed by atoms with van der Waals surface area (Å²) in [6.07, 6.45) is 0. The summed E-state index contributed by atoms with van der Waals surface area (Å²) >= 11 is 0. The van der Waals surface area contributed by atoms with Crippen LogP contribution in [0.25, 0.3) is 0 Å². The number of ether oxygens (including phenoxy) is 1. The van der Waals surface area contributed by atoms with Crippen LogP contribution < -0.4 is 9.92 Å². The van der Waals surface area contributed by atoms with Crippen LogP contribution in [0.4, 0.5) is 0 Å². The fourth-order valence-corrected chi connectivity index (χ4v) is 3.09. The average Bonchev–Trinajstić information content (AvgIpc) is 2.02. The Morgan fingerprint density at radius 3 is 2.15 bits per heavy atom. The summed E-state index contributed by atoms with van der Waals surface area (Å²) in [4.78, 5) is 0. The van der Waals surface area contributed by atoms with E-state index >= 15 is 0 Å². The lowest BCUT2D eigenvalue weighted by Crippen LogP contribution is -2.38. The van der Waals surface area contributed by atoms with Gasteiger partial charge in [0.15, 0.2) is 0 Å². The van der Waals surface area contributed by atoms with E-state index in [1.807, 2.05) is 0 Å². The third kappa shape index (κ3) is 2.13. The quantitative estimate of drug-likeness (QED) is 0.657. The summed E-state index contributed by atoms with van der Waals surface area (Å²) in [5, 5.41) is 1.41. The molecule has 0 spiro atoms. The van der Waals surface area contributed by atoms with Crippen molar-refractivity contribution in [2.24, 2.45) is 0 Å². The zero-order valence-electron chi connectivity index (χ0n) is 9.14. The predicted octanol–water partition coefficient (Wildman–Crippen LogP) is 2.55. The van der Waals surface area contributed by atoms with Crippen molar-refractivity contribution in [3.8, 4) is 5.75 Å². The molecule has 0 unspecified atom stereocenters. The molecule has 0 N–H and O–H groups in total. The fraction of sp³-hybridized carbons (Fsp3) is 0.455. The minimum absolute atomic E-state index is 1.08. The highest BCUT2D eigenvalue weighted by atomic mass is 28.3. The molecule has 0 aliphatic heterocycles. The topological polar surface area (TPSA) is 9.23 Å². The second-order valence-electron chi connectivity index (χ2n) is 4.41. The van der Waals surface area contributed by atoms with Crippen molar-refractivity contribution in [2.75, 3.05) is 7.11 Å². The first-order chi connectivity index (χ1) is 5.96. The Balaban J connectivity index is 3.29. The lowest BCUT2D eigenvalue weighted by atomic mass is 10.2. The second kappa shape index (κ2) is 3.54. The zero-order chi connectivity index (χ0) is 10.1. The van der Waals surface area contributed by atoms with Gasteiger partial charge >= 0.3 is 0 Å². The molecule has 72 valence electrons. The number of methoxy groups -OCH3 is 1. The van der Waals surface area contributed by atoms with Crippen LogP contribution in [0, 0.1) is 6.92 Å². The number of hydrogen-bond donors (Lipinski definition) is 0.